The van der Waals surface area contributed by atoms with E-state index >= 15 is 0 Å². The quantitative estimate of drug-likeness (QED) is 0.706. The van der Waals surface area contributed by atoms with Crippen LogP contribution in [0.2, 0.25) is 0 Å². The molecule has 1 rings (SSSR count). The lowest BCUT2D eigenvalue weighted by molar-refractivity contribution is 0.314. The molecule has 5 heteroatoms. The average Bonchev–Trinajstić information content (AvgIpc) is 2.85. The Bertz CT molecular complexity index is 296. The summed E-state index contributed by atoms with van der Waals surface area (Å²) in [5.41, 5.74) is 5.10. The molecule has 0 aliphatic heterocycles. The molecule has 0 amide bonds. The standard InChI is InChI=1S/C9H20N2O2S/c1-7(2)9(3,6-10)11-14(12,13)8-4-5-8/h7-8,11H,4-6,10H2,1-3H3. The highest BCUT2D eigenvalue weighted by Crippen LogP contribution is 2.29. The number of hydrogen-bond acceptors (Lipinski definition) is 3. The predicted octanol–water partition coefficient (Wildman–Crippen LogP) is 0.442. The molecule has 0 aromatic rings. The van der Waals surface area contributed by atoms with Crippen LogP contribution < -0.4 is 10.5 Å². The van der Waals surface area contributed by atoms with Crippen LogP contribution in [-0.4, -0.2) is 25.8 Å². The fourth-order valence-electron chi connectivity index (χ4n) is 1.18. The summed E-state index contributed by atoms with van der Waals surface area (Å²) >= 11 is 0. The van der Waals surface area contributed by atoms with Gasteiger partial charge in [0.15, 0.2) is 0 Å². The maximum Gasteiger partial charge on any atom is 0.215 e. The molecule has 0 spiro atoms. The lowest BCUT2D eigenvalue weighted by Gasteiger charge is -2.33. The average molecular weight is 220 g/mol. The van der Waals surface area contributed by atoms with E-state index in [1.54, 1.807) is 0 Å². The largest absolute Gasteiger partial charge is 0.329 e. The third kappa shape index (κ3) is 2.46. The molecule has 1 atom stereocenters. The van der Waals surface area contributed by atoms with Crippen LogP contribution in [0.25, 0.3) is 0 Å². The molecule has 0 saturated heterocycles. The molecule has 0 heterocycles. The van der Waals surface area contributed by atoms with Gasteiger partial charge in [-0.25, -0.2) is 13.1 Å². The zero-order valence-electron chi connectivity index (χ0n) is 9.08. The minimum atomic E-state index is -3.13. The third-order valence-corrected chi connectivity index (χ3v) is 5.14. The maximum atomic E-state index is 11.7. The van der Waals surface area contributed by atoms with Crippen molar-refractivity contribution in [3.8, 4) is 0 Å². The van der Waals surface area contributed by atoms with E-state index in [1.165, 1.54) is 0 Å². The van der Waals surface area contributed by atoms with Gasteiger partial charge in [0, 0.05) is 12.1 Å². The zero-order valence-corrected chi connectivity index (χ0v) is 9.89. The van der Waals surface area contributed by atoms with Gasteiger partial charge in [-0.15, -0.1) is 0 Å². The van der Waals surface area contributed by atoms with Crippen LogP contribution in [0.3, 0.4) is 0 Å². The molecule has 1 saturated carbocycles. The van der Waals surface area contributed by atoms with Crippen molar-refractivity contribution in [2.24, 2.45) is 11.7 Å². The second kappa shape index (κ2) is 3.79. The summed E-state index contributed by atoms with van der Waals surface area (Å²) in [4.78, 5) is 0. The van der Waals surface area contributed by atoms with Crippen molar-refractivity contribution in [1.82, 2.24) is 4.72 Å². The second-order valence-corrected chi connectivity index (χ2v) is 6.58. The number of sulfonamides is 1. The van der Waals surface area contributed by atoms with Crippen LogP contribution in [-0.2, 0) is 10.0 Å². The molecule has 84 valence electrons. The summed E-state index contributed by atoms with van der Waals surface area (Å²) in [5.74, 6) is 0.195. The molecule has 1 aliphatic rings. The zero-order chi connectivity index (χ0) is 11.0. The first-order chi connectivity index (χ1) is 6.32. The van der Waals surface area contributed by atoms with Crippen LogP contribution in [0.1, 0.15) is 33.6 Å². The predicted molar refractivity (Wildman–Crippen MR) is 57.4 cm³/mol. The third-order valence-electron chi connectivity index (χ3n) is 3.04. The van der Waals surface area contributed by atoms with Crippen molar-refractivity contribution >= 4 is 10.0 Å². The Morgan fingerprint density at radius 1 is 1.50 bits per heavy atom. The van der Waals surface area contributed by atoms with Crippen LogP contribution in [0.4, 0.5) is 0 Å². The molecule has 0 bridgehead atoms. The van der Waals surface area contributed by atoms with E-state index in [1.807, 2.05) is 20.8 Å². The van der Waals surface area contributed by atoms with E-state index < -0.39 is 15.6 Å². The van der Waals surface area contributed by atoms with Gasteiger partial charge in [-0.1, -0.05) is 13.8 Å². The Morgan fingerprint density at radius 2 is 2.00 bits per heavy atom. The monoisotopic (exact) mass is 220 g/mol. The van der Waals surface area contributed by atoms with Crippen molar-refractivity contribution in [1.29, 1.82) is 0 Å². The Morgan fingerprint density at radius 3 is 2.29 bits per heavy atom. The SMILES string of the molecule is CC(C)C(C)(CN)NS(=O)(=O)C1CC1. The van der Waals surface area contributed by atoms with Gasteiger partial charge in [0.05, 0.1) is 5.25 Å². The summed E-state index contributed by atoms with van der Waals surface area (Å²) in [7, 11) is -3.13. The fraction of sp³-hybridized carbons (Fsp3) is 1.00. The molecule has 1 fully saturated rings. The minimum absolute atomic E-state index is 0.174. The van der Waals surface area contributed by atoms with E-state index in [0.29, 0.717) is 6.54 Å². The Labute approximate surface area is 86.3 Å². The normalized spacial score (nSPS) is 22.4. The molecule has 1 unspecified atom stereocenters. The van der Waals surface area contributed by atoms with Crippen molar-refractivity contribution in [2.45, 2.75) is 44.4 Å². The van der Waals surface area contributed by atoms with Crippen LogP contribution in [0.5, 0.6) is 0 Å². The van der Waals surface area contributed by atoms with Crippen molar-refractivity contribution in [2.75, 3.05) is 6.54 Å². The van der Waals surface area contributed by atoms with E-state index in [9.17, 15) is 8.42 Å². The minimum Gasteiger partial charge on any atom is -0.329 e. The van der Waals surface area contributed by atoms with Gasteiger partial charge in [0.2, 0.25) is 10.0 Å². The number of nitrogens with one attached hydrogen (secondary N) is 1. The van der Waals surface area contributed by atoms with Crippen molar-refractivity contribution < 1.29 is 8.42 Å². The van der Waals surface area contributed by atoms with Gasteiger partial charge in [-0.3, -0.25) is 0 Å². The Balaban J connectivity index is 2.73. The molecular formula is C9H20N2O2S. The second-order valence-electron chi connectivity index (χ2n) is 4.62. The first-order valence-electron chi connectivity index (χ1n) is 5.04. The first kappa shape index (κ1) is 11.9. The highest BCUT2D eigenvalue weighted by atomic mass is 32.2. The highest BCUT2D eigenvalue weighted by Gasteiger charge is 2.40. The summed E-state index contributed by atoms with van der Waals surface area (Å²) in [5, 5.41) is -0.174. The van der Waals surface area contributed by atoms with E-state index in [-0.39, 0.29) is 11.2 Å². The summed E-state index contributed by atoms with van der Waals surface area (Å²) in [6.07, 6.45) is 1.57. The molecule has 0 radical (unpaired) electrons. The highest BCUT2D eigenvalue weighted by molar-refractivity contribution is 7.90. The van der Waals surface area contributed by atoms with E-state index in [0.717, 1.165) is 12.8 Å². The summed E-state index contributed by atoms with van der Waals surface area (Å²) in [6, 6.07) is 0. The number of nitrogens with two attached hydrogens (primary N) is 1. The van der Waals surface area contributed by atoms with E-state index in [4.69, 9.17) is 5.73 Å². The smallest absolute Gasteiger partial charge is 0.215 e. The fourth-order valence-corrected chi connectivity index (χ4v) is 3.07. The first-order valence-corrected chi connectivity index (χ1v) is 6.59. The molecule has 0 aromatic heterocycles. The van der Waals surface area contributed by atoms with Gasteiger partial charge in [-0.2, -0.15) is 0 Å². The molecule has 0 aromatic carbocycles. The molecule has 3 N–H and O–H groups in total. The molecule has 1 aliphatic carbocycles. The lowest BCUT2D eigenvalue weighted by atomic mass is 9.90. The van der Waals surface area contributed by atoms with Crippen LogP contribution in [0, 0.1) is 5.92 Å². The van der Waals surface area contributed by atoms with Gasteiger partial charge >= 0.3 is 0 Å². The Kier molecular flexibility index (Phi) is 3.23. The summed E-state index contributed by atoms with van der Waals surface area (Å²) in [6.45, 7) is 6.14. The number of rotatable bonds is 5. The van der Waals surface area contributed by atoms with Crippen molar-refractivity contribution in [3.63, 3.8) is 0 Å². The van der Waals surface area contributed by atoms with Gasteiger partial charge < -0.3 is 5.73 Å². The van der Waals surface area contributed by atoms with E-state index in [2.05, 4.69) is 4.72 Å². The molecular weight excluding hydrogens is 200 g/mol. The maximum absolute atomic E-state index is 11.7. The van der Waals surface area contributed by atoms with Gasteiger partial charge in [-0.05, 0) is 25.7 Å². The van der Waals surface area contributed by atoms with Gasteiger partial charge in [0.25, 0.3) is 0 Å². The summed E-state index contributed by atoms with van der Waals surface area (Å²) < 4.78 is 26.1. The van der Waals surface area contributed by atoms with Crippen molar-refractivity contribution in [3.05, 3.63) is 0 Å². The Hall–Kier alpha value is -0.130. The van der Waals surface area contributed by atoms with Gasteiger partial charge in [0.1, 0.15) is 0 Å². The molecule has 14 heavy (non-hydrogen) atoms. The lowest BCUT2D eigenvalue weighted by Crippen LogP contribution is -2.55. The topological polar surface area (TPSA) is 72.2 Å². The number of hydrogen-bond donors (Lipinski definition) is 2. The van der Waals surface area contributed by atoms with Crippen LogP contribution >= 0.6 is 0 Å². The molecule has 4 nitrogen and oxygen atoms in total. The van der Waals surface area contributed by atoms with Crippen LogP contribution in [0.15, 0.2) is 0 Å².